The third-order valence-electron chi connectivity index (χ3n) is 6.97. The number of rotatable bonds is 8. The second kappa shape index (κ2) is 11.1. The van der Waals surface area contributed by atoms with E-state index in [2.05, 4.69) is 62.2 Å². The van der Waals surface area contributed by atoms with E-state index in [0.717, 1.165) is 70.7 Å². The minimum absolute atomic E-state index is 0.317. The standard InChI is InChI=1S/C30H32N8O/c1-20-10-11-23-24(7-3-9-26(23)34-19-22-13-17-38(2)37-22)28(20)39-29-25(8-5-15-32-29)27-12-16-33-30(36-27)35-21-6-4-14-31-18-21/h3,5,7-13,15-17,21,31,34H,4,6,14,18-19H2,1-2H3,(H,33,35,36)/t21-/m0/s1. The first-order chi connectivity index (χ1) is 19.1. The van der Waals surface area contributed by atoms with Crippen molar-refractivity contribution in [1.82, 2.24) is 30.0 Å². The van der Waals surface area contributed by atoms with Crippen LogP contribution in [0.15, 0.2) is 73.2 Å². The molecule has 0 radical (unpaired) electrons. The van der Waals surface area contributed by atoms with Gasteiger partial charge in [0.05, 0.1) is 23.5 Å². The zero-order chi connectivity index (χ0) is 26.6. The SMILES string of the molecule is Cc1ccc2c(NCc3ccn(C)n3)cccc2c1Oc1ncccc1-c1ccnc(N[C@H]2CCCNC2)n1. The Hall–Kier alpha value is -4.50. The number of benzene rings is 2. The van der Waals surface area contributed by atoms with Crippen LogP contribution in [0.5, 0.6) is 11.6 Å². The summed E-state index contributed by atoms with van der Waals surface area (Å²) in [5.41, 5.74) is 4.60. The maximum Gasteiger partial charge on any atom is 0.228 e. The maximum absolute atomic E-state index is 6.57. The molecule has 39 heavy (non-hydrogen) atoms. The highest BCUT2D eigenvalue weighted by Crippen LogP contribution is 2.38. The number of hydrogen-bond acceptors (Lipinski definition) is 8. The van der Waals surface area contributed by atoms with Gasteiger partial charge in [-0.3, -0.25) is 4.68 Å². The number of aryl methyl sites for hydroxylation is 2. The number of anilines is 2. The first kappa shape index (κ1) is 24.8. The van der Waals surface area contributed by atoms with Crippen molar-refractivity contribution < 1.29 is 4.74 Å². The van der Waals surface area contributed by atoms with Gasteiger partial charge in [0.2, 0.25) is 11.8 Å². The minimum Gasteiger partial charge on any atom is -0.437 e. The molecule has 9 nitrogen and oxygen atoms in total. The zero-order valence-electron chi connectivity index (χ0n) is 22.2. The van der Waals surface area contributed by atoms with Crippen molar-refractivity contribution >= 4 is 22.4 Å². The van der Waals surface area contributed by atoms with Crippen molar-refractivity contribution in [2.75, 3.05) is 23.7 Å². The first-order valence-electron chi connectivity index (χ1n) is 13.3. The molecule has 1 aliphatic rings. The Morgan fingerprint density at radius 2 is 1.97 bits per heavy atom. The molecular weight excluding hydrogens is 488 g/mol. The highest BCUT2D eigenvalue weighted by atomic mass is 16.5. The van der Waals surface area contributed by atoms with Crippen LogP contribution in [-0.4, -0.2) is 43.9 Å². The lowest BCUT2D eigenvalue weighted by molar-refractivity contribution is 0.466. The fourth-order valence-electron chi connectivity index (χ4n) is 4.97. The molecule has 1 atom stereocenters. The molecule has 4 heterocycles. The van der Waals surface area contributed by atoms with Crippen molar-refractivity contribution in [2.24, 2.45) is 7.05 Å². The molecule has 0 saturated carbocycles. The molecule has 0 amide bonds. The second-order valence-electron chi connectivity index (χ2n) is 9.86. The third-order valence-corrected chi connectivity index (χ3v) is 6.97. The van der Waals surface area contributed by atoms with Gasteiger partial charge in [0, 0.05) is 54.7 Å². The highest BCUT2D eigenvalue weighted by molar-refractivity contribution is 5.98. The van der Waals surface area contributed by atoms with Crippen LogP contribution in [0.25, 0.3) is 22.0 Å². The lowest BCUT2D eigenvalue weighted by Gasteiger charge is -2.23. The van der Waals surface area contributed by atoms with Gasteiger partial charge in [0.1, 0.15) is 5.75 Å². The van der Waals surface area contributed by atoms with Gasteiger partial charge in [-0.1, -0.05) is 24.3 Å². The lowest BCUT2D eigenvalue weighted by atomic mass is 10.0. The molecule has 0 bridgehead atoms. The Kier molecular flexibility index (Phi) is 7.05. The van der Waals surface area contributed by atoms with Gasteiger partial charge in [-0.15, -0.1) is 0 Å². The molecule has 0 spiro atoms. The van der Waals surface area contributed by atoms with Crippen LogP contribution in [0, 0.1) is 6.92 Å². The molecule has 6 rings (SSSR count). The van der Waals surface area contributed by atoms with E-state index in [0.29, 0.717) is 24.4 Å². The minimum atomic E-state index is 0.317. The van der Waals surface area contributed by atoms with Gasteiger partial charge >= 0.3 is 0 Å². The Balaban J connectivity index is 1.30. The molecule has 1 saturated heterocycles. The molecule has 3 aromatic heterocycles. The number of aromatic nitrogens is 5. The van der Waals surface area contributed by atoms with Crippen molar-refractivity contribution in [2.45, 2.75) is 32.4 Å². The van der Waals surface area contributed by atoms with Crippen molar-refractivity contribution in [3.8, 4) is 22.9 Å². The van der Waals surface area contributed by atoms with E-state index in [4.69, 9.17) is 9.72 Å². The third kappa shape index (κ3) is 5.53. The molecule has 5 aromatic rings. The summed E-state index contributed by atoms with van der Waals surface area (Å²) in [4.78, 5) is 13.9. The monoisotopic (exact) mass is 520 g/mol. The Bertz CT molecular complexity index is 1590. The van der Waals surface area contributed by atoms with E-state index in [1.54, 1.807) is 12.4 Å². The number of hydrogen-bond donors (Lipinski definition) is 3. The fourth-order valence-corrected chi connectivity index (χ4v) is 4.97. The Morgan fingerprint density at radius 3 is 2.82 bits per heavy atom. The Labute approximate surface area is 227 Å². The number of fused-ring (bicyclic) bond motifs is 1. The van der Waals surface area contributed by atoms with Crippen molar-refractivity contribution in [1.29, 1.82) is 0 Å². The lowest BCUT2D eigenvalue weighted by Crippen LogP contribution is -2.38. The van der Waals surface area contributed by atoms with Crippen molar-refractivity contribution in [3.63, 3.8) is 0 Å². The summed E-state index contributed by atoms with van der Waals surface area (Å²) in [5.74, 6) is 1.89. The van der Waals surface area contributed by atoms with Crippen LogP contribution >= 0.6 is 0 Å². The summed E-state index contributed by atoms with van der Waals surface area (Å²) in [7, 11) is 1.92. The van der Waals surface area contributed by atoms with Crippen LogP contribution in [0.4, 0.5) is 11.6 Å². The number of piperidine rings is 1. The van der Waals surface area contributed by atoms with Gasteiger partial charge in [0.15, 0.2) is 0 Å². The van der Waals surface area contributed by atoms with E-state index in [1.165, 1.54) is 0 Å². The summed E-state index contributed by atoms with van der Waals surface area (Å²) >= 11 is 0. The van der Waals surface area contributed by atoms with Gasteiger partial charge in [-0.05, 0) is 62.2 Å². The predicted molar refractivity (Wildman–Crippen MR) is 154 cm³/mol. The molecule has 1 fully saturated rings. The second-order valence-corrected chi connectivity index (χ2v) is 9.86. The van der Waals surface area contributed by atoms with Crippen molar-refractivity contribution in [3.05, 3.63) is 84.4 Å². The highest BCUT2D eigenvalue weighted by Gasteiger charge is 2.17. The molecular formula is C30H32N8O. The first-order valence-corrected chi connectivity index (χ1v) is 13.3. The average molecular weight is 521 g/mol. The van der Waals surface area contributed by atoms with E-state index in [9.17, 15) is 0 Å². The molecule has 0 unspecified atom stereocenters. The summed E-state index contributed by atoms with van der Waals surface area (Å²) < 4.78 is 8.38. The fraction of sp³-hybridized carbons (Fsp3) is 0.267. The molecule has 3 N–H and O–H groups in total. The van der Waals surface area contributed by atoms with E-state index in [-0.39, 0.29) is 0 Å². The smallest absolute Gasteiger partial charge is 0.228 e. The number of pyridine rings is 1. The topological polar surface area (TPSA) is 102 Å². The average Bonchev–Trinajstić information content (AvgIpc) is 3.39. The van der Waals surface area contributed by atoms with Gasteiger partial charge in [-0.2, -0.15) is 5.10 Å². The van der Waals surface area contributed by atoms with E-state index in [1.807, 2.05) is 48.3 Å². The molecule has 1 aliphatic heterocycles. The Morgan fingerprint density at radius 1 is 1.03 bits per heavy atom. The summed E-state index contributed by atoms with van der Waals surface area (Å²) in [6.45, 7) is 4.66. The molecule has 198 valence electrons. The van der Waals surface area contributed by atoms with Crippen LogP contribution in [0.3, 0.4) is 0 Å². The van der Waals surface area contributed by atoms with Crippen LogP contribution < -0.4 is 20.7 Å². The van der Waals surface area contributed by atoms with Crippen LogP contribution in [0.2, 0.25) is 0 Å². The number of nitrogens with one attached hydrogen (secondary N) is 3. The van der Waals surface area contributed by atoms with E-state index >= 15 is 0 Å². The molecule has 0 aliphatic carbocycles. The quantitative estimate of drug-likeness (QED) is 0.253. The van der Waals surface area contributed by atoms with Gasteiger partial charge < -0.3 is 20.7 Å². The number of ether oxygens (including phenoxy) is 1. The maximum atomic E-state index is 6.57. The zero-order valence-corrected chi connectivity index (χ0v) is 22.2. The van der Waals surface area contributed by atoms with E-state index < -0.39 is 0 Å². The normalized spacial score (nSPS) is 15.3. The number of nitrogens with zero attached hydrogens (tertiary/aromatic N) is 5. The van der Waals surface area contributed by atoms with Gasteiger partial charge in [0.25, 0.3) is 0 Å². The molecule has 2 aromatic carbocycles. The summed E-state index contributed by atoms with van der Waals surface area (Å²) in [6.07, 6.45) is 7.71. The predicted octanol–water partition coefficient (Wildman–Crippen LogP) is 5.30. The summed E-state index contributed by atoms with van der Waals surface area (Å²) in [5, 5.41) is 17.0. The van der Waals surface area contributed by atoms with Crippen LogP contribution in [-0.2, 0) is 13.6 Å². The molecule has 9 heteroatoms. The van der Waals surface area contributed by atoms with Gasteiger partial charge in [-0.25, -0.2) is 15.0 Å². The summed E-state index contributed by atoms with van der Waals surface area (Å²) in [6, 6.07) is 18.5. The largest absolute Gasteiger partial charge is 0.437 e. The van der Waals surface area contributed by atoms with Crippen LogP contribution in [0.1, 0.15) is 24.1 Å².